The number of halogens is 2. The van der Waals surface area contributed by atoms with Crippen LogP contribution in [-0.2, 0) is 6.54 Å². The summed E-state index contributed by atoms with van der Waals surface area (Å²) in [6, 6.07) is 7.20. The smallest absolute Gasteiger partial charge is 0.316 e. The van der Waals surface area contributed by atoms with E-state index in [2.05, 4.69) is 5.32 Å². The van der Waals surface area contributed by atoms with E-state index < -0.39 is 6.55 Å². The third-order valence-corrected chi connectivity index (χ3v) is 2.40. The number of hydrogen-bond acceptors (Lipinski definition) is 1. The van der Waals surface area contributed by atoms with Gasteiger partial charge in [0, 0.05) is 18.1 Å². The number of benzene rings is 1. The standard InChI is InChI=1S/C11H12F2N2/c1-14-6-8-7-15(11(12)13)10-5-3-2-4-9(8)10/h2-5,7,11,14H,6H2,1H3. The van der Waals surface area contributed by atoms with Crippen LogP contribution in [0.25, 0.3) is 10.9 Å². The summed E-state index contributed by atoms with van der Waals surface area (Å²) in [5.41, 5.74) is 1.48. The molecule has 1 heterocycles. The van der Waals surface area contributed by atoms with Gasteiger partial charge in [0.2, 0.25) is 0 Å². The Morgan fingerprint density at radius 1 is 1.33 bits per heavy atom. The Kier molecular flexibility index (Phi) is 2.68. The van der Waals surface area contributed by atoms with E-state index in [4.69, 9.17) is 0 Å². The Morgan fingerprint density at radius 2 is 2.07 bits per heavy atom. The number of rotatable bonds is 3. The van der Waals surface area contributed by atoms with Crippen LogP contribution in [0.3, 0.4) is 0 Å². The predicted molar refractivity (Wildman–Crippen MR) is 56.0 cm³/mol. The molecule has 0 spiro atoms. The van der Waals surface area contributed by atoms with E-state index in [0.717, 1.165) is 15.5 Å². The average Bonchev–Trinajstić information content (AvgIpc) is 2.59. The highest BCUT2D eigenvalue weighted by atomic mass is 19.3. The van der Waals surface area contributed by atoms with E-state index in [1.54, 1.807) is 19.2 Å². The zero-order valence-electron chi connectivity index (χ0n) is 8.37. The second-order valence-electron chi connectivity index (χ2n) is 3.39. The summed E-state index contributed by atoms with van der Waals surface area (Å²) in [5, 5.41) is 3.85. The molecule has 0 bridgehead atoms. The topological polar surface area (TPSA) is 17.0 Å². The SMILES string of the molecule is CNCc1cn(C(F)F)c2ccccc12. The Balaban J connectivity index is 2.62. The van der Waals surface area contributed by atoms with E-state index in [0.29, 0.717) is 12.1 Å². The molecule has 0 atom stereocenters. The van der Waals surface area contributed by atoms with Gasteiger partial charge in [0.1, 0.15) is 0 Å². The molecule has 0 aliphatic heterocycles. The molecule has 2 aromatic rings. The number of aromatic nitrogens is 1. The van der Waals surface area contributed by atoms with Crippen molar-refractivity contribution in [3.05, 3.63) is 36.0 Å². The molecule has 15 heavy (non-hydrogen) atoms. The molecular weight excluding hydrogens is 198 g/mol. The maximum Gasteiger partial charge on any atom is 0.319 e. The first kappa shape index (κ1) is 10.1. The molecule has 0 aliphatic rings. The highest BCUT2D eigenvalue weighted by molar-refractivity contribution is 5.84. The van der Waals surface area contributed by atoms with Gasteiger partial charge in [-0.15, -0.1) is 0 Å². The lowest BCUT2D eigenvalue weighted by Crippen LogP contribution is -2.04. The van der Waals surface area contributed by atoms with Crippen molar-refractivity contribution in [1.82, 2.24) is 9.88 Å². The molecule has 4 heteroatoms. The molecule has 80 valence electrons. The van der Waals surface area contributed by atoms with Gasteiger partial charge in [0.15, 0.2) is 0 Å². The zero-order valence-corrected chi connectivity index (χ0v) is 8.37. The molecule has 1 N–H and O–H groups in total. The number of nitrogens with zero attached hydrogens (tertiary/aromatic N) is 1. The fourth-order valence-corrected chi connectivity index (χ4v) is 1.77. The summed E-state index contributed by atoms with van der Waals surface area (Å²) >= 11 is 0. The molecule has 2 nitrogen and oxygen atoms in total. The summed E-state index contributed by atoms with van der Waals surface area (Å²) in [4.78, 5) is 0. The Bertz CT molecular complexity index is 463. The van der Waals surface area contributed by atoms with E-state index in [1.165, 1.54) is 6.20 Å². The average molecular weight is 210 g/mol. The van der Waals surface area contributed by atoms with E-state index in [1.807, 2.05) is 12.1 Å². The molecule has 0 fully saturated rings. The predicted octanol–water partition coefficient (Wildman–Crippen LogP) is 2.76. The quantitative estimate of drug-likeness (QED) is 0.824. The van der Waals surface area contributed by atoms with Crippen LogP contribution in [-0.4, -0.2) is 11.6 Å². The van der Waals surface area contributed by atoms with Crippen LogP contribution in [0.4, 0.5) is 8.78 Å². The first-order chi connectivity index (χ1) is 7.24. The van der Waals surface area contributed by atoms with Crippen LogP contribution in [0.5, 0.6) is 0 Å². The largest absolute Gasteiger partial charge is 0.319 e. The highest BCUT2D eigenvalue weighted by Gasteiger charge is 2.12. The van der Waals surface area contributed by atoms with Crippen molar-refractivity contribution in [2.24, 2.45) is 0 Å². The van der Waals surface area contributed by atoms with Crippen molar-refractivity contribution in [2.75, 3.05) is 7.05 Å². The van der Waals surface area contributed by atoms with Crippen LogP contribution in [0.2, 0.25) is 0 Å². The van der Waals surface area contributed by atoms with Crippen molar-refractivity contribution in [3.8, 4) is 0 Å². The highest BCUT2D eigenvalue weighted by Crippen LogP contribution is 2.25. The molecule has 0 saturated heterocycles. The summed E-state index contributed by atoms with van der Waals surface area (Å²) < 4.78 is 26.4. The van der Waals surface area contributed by atoms with Gasteiger partial charge < -0.3 is 5.32 Å². The lowest BCUT2D eigenvalue weighted by Gasteiger charge is -2.01. The number of para-hydroxylation sites is 1. The van der Waals surface area contributed by atoms with Crippen molar-refractivity contribution < 1.29 is 8.78 Å². The van der Waals surface area contributed by atoms with Crippen LogP contribution in [0.15, 0.2) is 30.5 Å². The maximum atomic E-state index is 12.7. The lowest BCUT2D eigenvalue weighted by molar-refractivity contribution is 0.0751. The molecule has 2 rings (SSSR count). The van der Waals surface area contributed by atoms with E-state index in [9.17, 15) is 8.78 Å². The molecule has 0 unspecified atom stereocenters. The Labute approximate surface area is 86.5 Å². The van der Waals surface area contributed by atoms with Crippen LogP contribution < -0.4 is 5.32 Å². The third kappa shape index (κ3) is 1.72. The normalized spacial score (nSPS) is 11.5. The van der Waals surface area contributed by atoms with Gasteiger partial charge in [-0.2, -0.15) is 8.78 Å². The van der Waals surface area contributed by atoms with Crippen molar-refractivity contribution in [1.29, 1.82) is 0 Å². The number of nitrogens with one attached hydrogen (secondary N) is 1. The lowest BCUT2D eigenvalue weighted by atomic mass is 10.2. The van der Waals surface area contributed by atoms with Crippen molar-refractivity contribution in [3.63, 3.8) is 0 Å². The zero-order chi connectivity index (χ0) is 10.8. The number of hydrogen-bond donors (Lipinski definition) is 1. The first-order valence-corrected chi connectivity index (χ1v) is 4.75. The van der Waals surface area contributed by atoms with Gasteiger partial charge in [0.25, 0.3) is 0 Å². The van der Waals surface area contributed by atoms with Crippen molar-refractivity contribution >= 4 is 10.9 Å². The van der Waals surface area contributed by atoms with E-state index in [-0.39, 0.29) is 0 Å². The van der Waals surface area contributed by atoms with Crippen LogP contribution in [0, 0.1) is 0 Å². The van der Waals surface area contributed by atoms with Crippen LogP contribution >= 0.6 is 0 Å². The third-order valence-electron chi connectivity index (χ3n) is 2.40. The molecule has 0 radical (unpaired) electrons. The van der Waals surface area contributed by atoms with Gasteiger partial charge in [-0.05, 0) is 18.7 Å². The number of fused-ring (bicyclic) bond motifs is 1. The maximum absolute atomic E-state index is 12.7. The second-order valence-corrected chi connectivity index (χ2v) is 3.39. The molecular formula is C11H12F2N2. The molecule has 0 aliphatic carbocycles. The Hall–Kier alpha value is -1.42. The van der Waals surface area contributed by atoms with Gasteiger partial charge in [-0.1, -0.05) is 18.2 Å². The summed E-state index contributed by atoms with van der Waals surface area (Å²) in [6.45, 7) is -1.89. The minimum absolute atomic E-state index is 0.581. The molecule has 0 amide bonds. The van der Waals surface area contributed by atoms with Crippen molar-refractivity contribution in [2.45, 2.75) is 13.1 Å². The van der Waals surface area contributed by atoms with E-state index >= 15 is 0 Å². The van der Waals surface area contributed by atoms with Gasteiger partial charge in [0.05, 0.1) is 5.52 Å². The molecule has 1 aromatic carbocycles. The number of alkyl halides is 2. The van der Waals surface area contributed by atoms with Crippen LogP contribution in [0.1, 0.15) is 12.1 Å². The first-order valence-electron chi connectivity index (χ1n) is 4.75. The van der Waals surface area contributed by atoms with Gasteiger partial charge >= 0.3 is 6.55 Å². The minimum atomic E-state index is -2.49. The molecule has 0 saturated carbocycles. The fourth-order valence-electron chi connectivity index (χ4n) is 1.77. The summed E-state index contributed by atoms with van der Waals surface area (Å²) in [5.74, 6) is 0. The minimum Gasteiger partial charge on any atom is -0.316 e. The monoisotopic (exact) mass is 210 g/mol. The van der Waals surface area contributed by atoms with Gasteiger partial charge in [-0.25, -0.2) is 0 Å². The second kappa shape index (κ2) is 3.98. The molecule has 1 aromatic heterocycles. The fraction of sp³-hybridized carbons (Fsp3) is 0.273. The summed E-state index contributed by atoms with van der Waals surface area (Å²) in [7, 11) is 1.80. The Morgan fingerprint density at radius 3 is 2.73 bits per heavy atom. The van der Waals surface area contributed by atoms with Gasteiger partial charge in [-0.3, -0.25) is 4.57 Å². The summed E-state index contributed by atoms with van der Waals surface area (Å²) in [6.07, 6.45) is 1.51.